The van der Waals surface area contributed by atoms with Gasteiger partial charge < -0.3 is 20.1 Å². The maximum atomic E-state index is 5.60. The van der Waals surface area contributed by atoms with Crippen LogP contribution < -0.4 is 20.1 Å². The average molecular weight is 330 g/mol. The first-order valence-corrected chi connectivity index (χ1v) is 9.07. The molecular formula is C18H22N2O2S. The van der Waals surface area contributed by atoms with E-state index in [0.29, 0.717) is 6.79 Å². The number of benzene rings is 1. The summed E-state index contributed by atoms with van der Waals surface area (Å²) in [4.78, 5) is 0. The number of rotatable bonds is 2. The van der Waals surface area contributed by atoms with Crippen molar-refractivity contribution in [1.82, 2.24) is 5.32 Å². The number of ether oxygens (including phenoxy) is 2. The Morgan fingerprint density at radius 2 is 1.65 bits per heavy atom. The second-order valence-corrected chi connectivity index (χ2v) is 8.25. The fourth-order valence-corrected chi connectivity index (χ4v) is 5.98. The van der Waals surface area contributed by atoms with Crippen molar-refractivity contribution in [2.75, 3.05) is 12.1 Å². The lowest BCUT2D eigenvalue weighted by atomic mass is 9.53. The molecule has 122 valence electrons. The Bertz CT molecular complexity index is 625. The third-order valence-corrected chi connectivity index (χ3v) is 6.25. The Labute approximate surface area is 141 Å². The SMILES string of the molecule is S=C(Nc1ccc2c(c1)OCO2)NC12CC3CC(CC(C3)C1)C2. The van der Waals surface area contributed by atoms with E-state index in [1.54, 1.807) is 0 Å². The van der Waals surface area contributed by atoms with Gasteiger partial charge in [-0.1, -0.05) is 0 Å². The molecule has 0 saturated heterocycles. The van der Waals surface area contributed by atoms with E-state index in [9.17, 15) is 0 Å². The molecule has 1 heterocycles. The van der Waals surface area contributed by atoms with Gasteiger partial charge >= 0.3 is 0 Å². The van der Waals surface area contributed by atoms with Crippen molar-refractivity contribution in [1.29, 1.82) is 0 Å². The highest BCUT2D eigenvalue weighted by atomic mass is 32.1. The Morgan fingerprint density at radius 1 is 1.00 bits per heavy atom. The van der Waals surface area contributed by atoms with Gasteiger partial charge in [0.05, 0.1) is 0 Å². The minimum absolute atomic E-state index is 0.245. The van der Waals surface area contributed by atoms with Crippen LogP contribution in [0.3, 0.4) is 0 Å². The van der Waals surface area contributed by atoms with Crippen molar-refractivity contribution in [3.63, 3.8) is 0 Å². The zero-order valence-electron chi connectivity index (χ0n) is 13.1. The molecular weight excluding hydrogens is 308 g/mol. The smallest absolute Gasteiger partial charge is 0.231 e. The molecule has 4 saturated carbocycles. The Balaban J connectivity index is 1.28. The highest BCUT2D eigenvalue weighted by molar-refractivity contribution is 7.80. The summed E-state index contributed by atoms with van der Waals surface area (Å²) in [7, 11) is 0. The fourth-order valence-electron chi connectivity index (χ4n) is 5.64. The van der Waals surface area contributed by atoms with Crippen LogP contribution in [-0.4, -0.2) is 17.4 Å². The summed E-state index contributed by atoms with van der Waals surface area (Å²) in [6.45, 7) is 0.300. The molecule has 0 spiro atoms. The van der Waals surface area contributed by atoms with Crippen molar-refractivity contribution < 1.29 is 9.47 Å². The van der Waals surface area contributed by atoms with Gasteiger partial charge in [0.1, 0.15) is 0 Å². The monoisotopic (exact) mass is 330 g/mol. The number of hydrogen-bond donors (Lipinski definition) is 2. The normalized spacial score (nSPS) is 36.1. The molecule has 1 aromatic carbocycles. The van der Waals surface area contributed by atoms with Gasteiger partial charge in [-0.3, -0.25) is 0 Å². The predicted molar refractivity (Wildman–Crippen MR) is 92.8 cm³/mol. The third-order valence-electron chi connectivity index (χ3n) is 6.05. The second kappa shape index (κ2) is 5.00. The van der Waals surface area contributed by atoms with E-state index in [-0.39, 0.29) is 5.54 Å². The first-order chi connectivity index (χ1) is 11.2. The molecule has 0 amide bonds. The van der Waals surface area contributed by atoms with Crippen LogP contribution in [0.5, 0.6) is 11.5 Å². The van der Waals surface area contributed by atoms with Crippen LogP contribution in [0, 0.1) is 17.8 Å². The Morgan fingerprint density at radius 3 is 2.35 bits per heavy atom. The van der Waals surface area contributed by atoms with Gasteiger partial charge in [-0.15, -0.1) is 0 Å². The van der Waals surface area contributed by atoms with E-state index >= 15 is 0 Å². The molecule has 4 fully saturated rings. The summed E-state index contributed by atoms with van der Waals surface area (Å²) >= 11 is 5.60. The molecule has 5 heteroatoms. The van der Waals surface area contributed by atoms with Gasteiger partial charge in [-0.2, -0.15) is 0 Å². The van der Waals surface area contributed by atoms with Gasteiger partial charge in [-0.25, -0.2) is 0 Å². The predicted octanol–water partition coefficient (Wildman–Crippen LogP) is 3.67. The van der Waals surface area contributed by atoms with E-state index in [4.69, 9.17) is 21.7 Å². The number of hydrogen-bond acceptors (Lipinski definition) is 3. The molecule has 4 aliphatic carbocycles. The van der Waals surface area contributed by atoms with Crippen LogP contribution >= 0.6 is 12.2 Å². The second-order valence-electron chi connectivity index (χ2n) is 7.85. The molecule has 23 heavy (non-hydrogen) atoms. The summed E-state index contributed by atoms with van der Waals surface area (Å²) in [5.74, 6) is 4.34. The van der Waals surface area contributed by atoms with Crippen LogP contribution in [0.15, 0.2) is 18.2 Å². The number of anilines is 1. The van der Waals surface area contributed by atoms with Crippen LogP contribution in [0.2, 0.25) is 0 Å². The van der Waals surface area contributed by atoms with E-state index in [2.05, 4.69) is 10.6 Å². The minimum Gasteiger partial charge on any atom is -0.454 e. The van der Waals surface area contributed by atoms with Crippen LogP contribution in [0.1, 0.15) is 38.5 Å². The third kappa shape index (κ3) is 2.45. The number of fused-ring (bicyclic) bond motifs is 1. The maximum absolute atomic E-state index is 5.60. The first-order valence-electron chi connectivity index (χ1n) is 8.66. The van der Waals surface area contributed by atoms with Gasteiger partial charge in [0.15, 0.2) is 16.6 Å². The molecule has 0 atom stereocenters. The molecule has 0 unspecified atom stereocenters. The summed E-state index contributed by atoms with van der Waals surface area (Å²) in [6.07, 6.45) is 8.22. The minimum atomic E-state index is 0.245. The molecule has 0 aromatic heterocycles. The Hall–Kier alpha value is -1.49. The quantitative estimate of drug-likeness (QED) is 0.810. The largest absolute Gasteiger partial charge is 0.454 e. The Kier molecular flexibility index (Phi) is 3.02. The van der Waals surface area contributed by atoms with E-state index < -0.39 is 0 Å². The van der Waals surface area contributed by atoms with Crippen molar-refractivity contribution in [3.8, 4) is 11.5 Å². The fraction of sp³-hybridized carbons (Fsp3) is 0.611. The average Bonchev–Trinajstić information content (AvgIpc) is 2.92. The number of thiocarbonyl (C=S) groups is 1. The van der Waals surface area contributed by atoms with Crippen LogP contribution in [0.4, 0.5) is 5.69 Å². The first kappa shape index (κ1) is 13.9. The standard InChI is InChI=1S/C18H22N2O2S/c23-17(19-14-1-2-15-16(6-14)22-10-21-15)20-18-7-11-3-12(8-18)5-13(4-11)9-18/h1-2,6,11-13H,3-5,7-10H2,(H2,19,20,23). The van der Waals surface area contributed by atoms with Crippen LogP contribution in [0.25, 0.3) is 0 Å². The summed E-state index contributed by atoms with van der Waals surface area (Å²) < 4.78 is 10.8. The molecule has 4 nitrogen and oxygen atoms in total. The molecule has 6 rings (SSSR count). The van der Waals surface area contributed by atoms with E-state index in [1.165, 1.54) is 38.5 Å². The highest BCUT2D eigenvalue weighted by Gasteiger charge is 2.51. The van der Waals surface area contributed by atoms with E-state index in [1.807, 2.05) is 18.2 Å². The summed E-state index contributed by atoms with van der Waals surface area (Å²) in [5, 5.41) is 7.76. The van der Waals surface area contributed by atoms with Gasteiger partial charge in [0.2, 0.25) is 6.79 Å². The zero-order valence-corrected chi connectivity index (χ0v) is 14.0. The summed E-state index contributed by atoms with van der Waals surface area (Å²) in [6, 6.07) is 5.87. The zero-order chi connectivity index (χ0) is 15.4. The topological polar surface area (TPSA) is 42.5 Å². The van der Waals surface area contributed by atoms with Gasteiger partial charge in [0.25, 0.3) is 0 Å². The van der Waals surface area contributed by atoms with Gasteiger partial charge in [-0.05, 0) is 80.6 Å². The number of nitrogens with one attached hydrogen (secondary N) is 2. The van der Waals surface area contributed by atoms with Crippen LogP contribution in [-0.2, 0) is 0 Å². The molecule has 0 radical (unpaired) electrons. The van der Waals surface area contributed by atoms with Crippen molar-refractivity contribution in [3.05, 3.63) is 18.2 Å². The lowest BCUT2D eigenvalue weighted by Gasteiger charge is -2.57. The van der Waals surface area contributed by atoms with Gasteiger partial charge in [0, 0.05) is 17.3 Å². The molecule has 4 bridgehead atoms. The highest BCUT2D eigenvalue weighted by Crippen LogP contribution is 2.55. The summed E-state index contributed by atoms with van der Waals surface area (Å²) in [5.41, 5.74) is 1.20. The lowest BCUT2D eigenvalue weighted by molar-refractivity contribution is -0.00972. The van der Waals surface area contributed by atoms with E-state index in [0.717, 1.165) is 40.1 Å². The maximum Gasteiger partial charge on any atom is 0.231 e. The molecule has 5 aliphatic rings. The van der Waals surface area contributed by atoms with Crippen molar-refractivity contribution in [2.45, 2.75) is 44.1 Å². The van der Waals surface area contributed by atoms with Crippen molar-refractivity contribution >= 4 is 23.0 Å². The molecule has 2 N–H and O–H groups in total. The molecule has 1 aromatic rings. The lowest BCUT2D eigenvalue weighted by Crippen LogP contribution is -2.60. The van der Waals surface area contributed by atoms with Crippen molar-refractivity contribution in [2.24, 2.45) is 17.8 Å². The molecule has 1 aliphatic heterocycles.